The average molecular weight is 442 g/mol. The summed E-state index contributed by atoms with van der Waals surface area (Å²) in [7, 11) is 0. The molecule has 0 bridgehead atoms. The molecular formula is C28H28FN3O. The summed E-state index contributed by atoms with van der Waals surface area (Å²) in [5.74, 6) is -0.107. The monoisotopic (exact) mass is 441 g/mol. The number of nitrogens with one attached hydrogen (secondary N) is 1. The summed E-state index contributed by atoms with van der Waals surface area (Å²) in [6.45, 7) is 5.22. The minimum absolute atomic E-state index is 0.156. The standard InChI is InChI=1S/C28H28FN3O/c1-20-6-5-9-23(18-20)31-14-16-32(17-15-31)27(33)13-11-24-25-19-22(29)10-12-26(25)30-28(24)21-7-3-2-4-8-21/h2-10,12,18-19,30H,11,13-17H2,1H3. The molecule has 4 aromatic rings. The molecule has 1 fully saturated rings. The highest BCUT2D eigenvalue weighted by atomic mass is 19.1. The third-order valence-corrected chi connectivity index (χ3v) is 6.52. The number of fused-ring (bicyclic) bond motifs is 1. The van der Waals surface area contributed by atoms with E-state index in [1.54, 1.807) is 12.1 Å². The smallest absolute Gasteiger partial charge is 0.223 e. The van der Waals surface area contributed by atoms with E-state index in [0.29, 0.717) is 12.8 Å². The molecule has 0 radical (unpaired) electrons. The van der Waals surface area contributed by atoms with Crippen LogP contribution in [0.4, 0.5) is 10.1 Å². The highest BCUT2D eigenvalue weighted by Gasteiger charge is 2.22. The summed E-state index contributed by atoms with van der Waals surface area (Å²) < 4.78 is 14.0. The van der Waals surface area contributed by atoms with Gasteiger partial charge in [-0.3, -0.25) is 4.79 Å². The Morgan fingerprint density at radius 2 is 1.73 bits per heavy atom. The topological polar surface area (TPSA) is 39.3 Å². The molecule has 1 aliphatic heterocycles. The van der Waals surface area contributed by atoms with Gasteiger partial charge in [-0.2, -0.15) is 0 Å². The van der Waals surface area contributed by atoms with Crippen molar-refractivity contribution < 1.29 is 9.18 Å². The van der Waals surface area contributed by atoms with Gasteiger partial charge in [0.2, 0.25) is 5.91 Å². The maximum absolute atomic E-state index is 14.0. The quantitative estimate of drug-likeness (QED) is 0.440. The molecule has 2 heterocycles. The average Bonchev–Trinajstić information content (AvgIpc) is 3.21. The van der Waals surface area contributed by atoms with Crippen molar-refractivity contribution in [2.24, 2.45) is 0 Å². The van der Waals surface area contributed by atoms with Crippen LogP contribution in [0.1, 0.15) is 17.5 Å². The summed E-state index contributed by atoms with van der Waals surface area (Å²) in [6, 6.07) is 23.3. The van der Waals surface area contributed by atoms with Crippen LogP contribution in [0, 0.1) is 12.7 Å². The Labute approximate surface area is 193 Å². The van der Waals surface area contributed by atoms with Crippen molar-refractivity contribution in [1.29, 1.82) is 0 Å². The lowest BCUT2D eigenvalue weighted by molar-refractivity contribution is -0.131. The number of carbonyl (C=O) groups is 1. The van der Waals surface area contributed by atoms with E-state index in [9.17, 15) is 9.18 Å². The van der Waals surface area contributed by atoms with E-state index < -0.39 is 0 Å². The van der Waals surface area contributed by atoms with Gasteiger partial charge in [0.15, 0.2) is 0 Å². The van der Waals surface area contributed by atoms with Crippen LogP contribution < -0.4 is 4.90 Å². The molecule has 3 aromatic carbocycles. The van der Waals surface area contributed by atoms with Gasteiger partial charge in [-0.05, 0) is 60.4 Å². The molecule has 0 aliphatic carbocycles. The van der Waals surface area contributed by atoms with E-state index in [4.69, 9.17) is 0 Å². The molecule has 1 N–H and O–H groups in total. The van der Waals surface area contributed by atoms with Crippen LogP contribution in [0.3, 0.4) is 0 Å². The molecule has 0 saturated carbocycles. The van der Waals surface area contributed by atoms with E-state index in [0.717, 1.165) is 53.9 Å². The molecule has 5 heteroatoms. The van der Waals surface area contributed by atoms with Crippen molar-refractivity contribution in [2.75, 3.05) is 31.1 Å². The summed E-state index contributed by atoms with van der Waals surface area (Å²) in [4.78, 5) is 20.8. The summed E-state index contributed by atoms with van der Waals surface area (Å²) >= 11 is 0. The van der Waals surface area contributed by atoms with Crippen LogP contribution >= 0.6 is 0 Å². The molecular weight excluding hydrogens is 413 g/mol. The second-order valence-electron chi connectivity index (χ2n) is 8.74. The maximum atomic E-state index is 14.0. The Balaban J connectivity index is 1.30. The molecule has 1 amide bonds. The van der Waals surface area contributed by atoms with Crippen molar-refractivity contribution in [3.05, 3.63) is 89.7 Å². The zero-order valence-corrected chi connectivity index (χ0v) is 18.9. The fourth-order valence-electron chi connectivity index (χ4n) is 4.76. The number of piperazine rings is 1. The normalized spacial score (nSPS) is 14.1. The number of halogens is 1. The summed E-state index contributed by atoms with van der Waals surface area (Å²) in [6.07, 6.45) is 0.984. The lowest BCUT2D eigenvalue weighted by atomic mass is 10.0. The zero-order chi connectivity index (χ0) is 22.8. The number of nitrogens with zero attached hydrogens (tertiary/aromatic N) is 2. The molecule has 1 saturated heterocycles. The van der Waals surface area contributed by atoms with Gasteiger partial charge in [0.1, 0.15) is 5.82 Å². The van der Waals surface area contributed by atoms with E-state index in [-0.39, 0.29) is 11.7 Å². The molecule has 168 valence electrons. The Kier molecular flexibility index (Phi) is 5.86. The minimum atomic E-state index is -0.263. The second-order valence-corrected chi connectivity index (χ2v) is 8.74. The first-order valence-electron chi connectivity index (χ1n) is 11.5. The van der Waals surface area contributed by atoms with Crippen LogP contribution in [0.15, 0.2) is 72.8 Å². The van der Waals surface area contributed by atoms with Crippen molar-refractivity contribution in [3.63, 3.8) is 0 Å². The Morgan fingerprint density at radius 3 is 2.48 bits per heavy atom. The van der Waals surface area contributed by atoms with Gasteiger partial charge in [0.25, 0.3) is 0 Å². The molecule has 33 heavy (non-hydrogen) atoms. The highest BCUT2D eigenvalue weighted by Crippen LogP contribution is 2.32. The number of hydrogen-bond donors (Lipinski definition) is 1. The summed E-state index contributed by atoms with van der Waals surface area (Å²) in [5.41, 5.74) is 6.37. The zero-order valence-electron chi connectivity index (χ0n) is 18.9. The van der Waals surface area contributed by atoms with Crippen LogP contribution in [0.2, 0.25) is 0 Å². The number of rotatable bonds is 5. The lowest BCUT2D eigenvalue weighted by Crippen LogP contribution is -2.48. The van der Waals surface area contributed by atoms with Gasteiger partial charge >= 0.3 is 0 Å². The maximum Gasteiger partial charge on any atom is 0.223 e. The number of carbonyl (C=O) groups excluding carboxylic acids is 1. The number of H-pyrrole nitrogens is 1. The molecule has 1 aliphatic rings. The number of aromatic nitrogens is 1. The van der Waals surface area contributed by atoms with Crippen LogP contribution in [-0.4, -0.2) is 42.0 Å². The third kappa shape index (κ3) is 4.49. The lowest BCUT2D eigenvalue weighted by Gasteiger charge is -2.36. The number of hydrogen-bond acceptors (Lipinski definition) is 2. The number of aromatic amines is 1. The van der Waals surface area contributed by atoms with E-state index in [2.05, 4.69) is 41.1 Å². The predicted molar refractivity (Wildman–Crippen MR) is 132 cm³/mol. The minimum Gasteiger partial charge on any atom is -0.368 e. The first-order chi connectivity index (χ1) is 16.1. The second kappa shape index (κ2) is 9.10. The number of anilines is 1. The van der Waals surface area contributed by atoms with Crippen LogP contribution in [0.5, 0.6) is 0 Å². The Bertz CT molecular complexity index is 1270. The van der Waals surface area contributed by atoms with Gasteiger partial charge in [-0.25, -0.2) is 4.39 Å². The van der Waals surface area contributed by atoms with Crippen molar-refractivity contribution >= 4 is 22.5 Å². The molecule has 4 nitrogen and oxygen atoms in total. The first-order valence-corrected chi connectivity index (χ1v) is 11.5. The Morgan fingerprint density at radius 1 is 0.939 bits per heavy atom. The predicted octanol–water partition coefficient (Wildman–Crippen LogP) is 5.56. The molecule has 0 spiro atoms. The SMILES string of the molecule is Cc1cccc(N2CCN(C(=O)CCc3c(-c4ccccc4)[nH]c4ccc(F)cc34)CC2)c1. The van der Waals surface area contributed by atoms with Crippen molar-refractivity contribution in [1.82, 2.24) is 9.88 Å². The van der Waals surface area contributed by atoms with Crippen LogP contribution in [0.25, 0.3) is 22.2 Å². The molecule has 1 aromatic heterocycles. The third-order valence-electron chi connectivity index (χ3n) is 6.52. The van der Waals surface area contributed by atoms with Gasteiger partial charge in [-0.15, -0.1) is 0 Å². The molecule has 5 rings (SSSR count). The van der Waals surface area contributed by atoms with Crippen LogP contribution in [-0.2, 0) is 11.2 Å². The van der Waals surface area contributed by atoms with Gasteiger partial charge < -0.3 is 14.8 Å². The van der Waals surface area contributed by atoms with Gasteiger partial charge in [-0.1, -0.05) is 42.5 Å². The van der Waals surface area contributed by atoms with E-state index >= 15 is 0 Å². The number of benzene rings is 3. The largest absolute Gasteiger partial charge is 0.368 e. The number of amides is 1. The first kappa shape index (κ1) is 21.3. The molecule has 0 unspecified atom stereocenters. The number of aryl methyl sites for hydroxylation is 2. The van der Waals surface area contributed by atoms with E-state index in [1.807, 2.05) is 35.2 Å². The van der Waals surface area contributed by atoms with Gasteiger partial charge in [0.05, 0.1) is 0 Å². The van der Waals surface area contributed by atoms with Crippen molar-refractivity contribution in [2.45, 2.75) is 19.8 Å². The fourth-order valence-corrected chi connectivity index (χ4v) is 4.76. The fraction of sp³-hybridized carbons (Fsp3) is 0.250. The molecule has 0 atom stereocenters. The van der Waals surface area contributed by atoms with Crippen molar-refractivity contribution in [3.8, 4) is 11.3 Å². The van der Waals surface area contributed by atoms with Gasteiger partial charge in [0, 0.05) is 54.9 Å². The highest BCUT2D eigenvalue weighted by molar-refractivity contribution is 5.91. The summed E-state index contributed by atoms with van der Waals surface area (Å²) in [5, 5.41) is 0.853. The van der Waals surface area contributed by atoms with E-state index in [1.165, 1.54) is 17.3 Å². The Hall–Kier alpha value is -3.60.